The largest absolute Gasteiger partial charge is 0.306 e. The van der Waals surface area contributed by atoms with Gasteiger partial charge in [0, 0.05) is 6.20 Å². The number of imidazole rings is 1. The molecule has 0 aliphatic rings. The summed E-state index contributed by atoms with van der Waals surface area (Å²) in [5, 5.41) is 0. The van der Waals surface area contributed by atoms with Crippen LogP contribution in [-0.2, 0) is 5.41 Å². The van der Waals surface area contributed by atoms with Crippen LogP contribution in [-0.4, -0.2) is 9.38 Å². The molecule has 0 bridgehead atoms. The van der Waals surface area contributed by atoms with Crippen molar-refractivity contribution in [2.75, 3.05) is 0 Å². The zero-order valence-corrected chi connectivity index (χ0v) is 9.20. The first-order valence-electron chi connectivity index (χ1n) is 4.92. The van der Waals surface area contributed by atoms with Crippen molar-refractivity contribution in [1.82, 2.24) is 9.38 Å². The van der Waals surface area contributed by atoms with Crippen LogP contribution < -0.4 is 0 Å². The number of nitrogens with zero attached hydrogens (tertiary/aromatic N) is 2. The molecule has 0 aliphatic carbocycles. The average Bonchev–Trinajstić information content (AvgIpc) is 2.46. The van der Waals surface area contributed by atoms with E-state index in [0.29, 0.717) is 0 Å². The zero-order chi connectivity index (χ0) is 10.3. The lowest BCUT2D eigenvalue weighted by Crippen LogP contribution is -2.11. The third-order valence-corrected chi connectivity index (χ3v) is 2.60. The standard InChI is InChI=1S/C12H16N2/c1-9-11-7-10(12(2,3)4)5-6-14(11)8-13-9/h5-8H,1-4H3. The van der Waals surface area contributed by atoms with Crippen molar-refractivity contribution in [3.8, 4) is 0 Å². The lowest BCUT2D eigenvalue weighted by Gasteiger charge is -2.19. The first-order valence-corrected chi connectivity index (χ1v) is 4.92. The van der Waals surface area contributed by atoms with Crippen LogP contribution in [0.25, 0.3) is 5.52 Å². The minimum atomic E-state index is 0.207. The van der Waals surface area contributed by atoms with Gasteiger partial charge in [0.2, 0.25) is 0 Å². The van der Waals surface area contributed by atoms with Crippen molar-refractivity contribution in [3.63, 3.8) is 0 Å². The van der Waals surface area contributed by atoms with Crippen molar-refractivity contribution < 1.29 is 0 Å². The third-order valence-electron chi connectivity index (χ3n) is 2.60. The molecule has 0 aromatic carbocycles. The molecule has 2 nitrogen and oxygen atoms in total. The molecule has 74 valence electrons. The molecule has 0 amide bonds. The quantitative estimate of drug-likeness (QED) is 0.621. The summed E-state index contributed by atoms with van der Waals surface area (Å²) in [5.41, 5.74) is 3.86. The second-order valence-electron chi connectivity index (χ2n) is 4.79. The van der Waals surface area contributed by atoms with Crippen molar-refractivity contribution in [2.24, 2.45) is 0 Å². The van der Waals surface area contributed by atoms with Crippen LogP contribution >= 0.6 is 0 Å². The Balaban J connectivity index is 2.66. The highest BCUT2D eigenvalue weighted by atomic mass is 15.0. The van der Waals surface area contributed by atoms with Gasteiger partial charge < -0.3 is 4.40 Å². The Bertz CT molecular complexity index is 461. The molecule has 0 saturated carbocycles. The van der Waals surface area contributed by atoms with E-state index in [1.807, 2.05) is 13.3 Å². The molecular weight excluding hydrogens is 172 g/mol. The lowest BCUT2D eigenvalue weighted by atomic mass is 9.87. The van der Waals surface area contributed by atoms with Gasteiger partial charge in [0.1, 0.15) is 0 Å². The van der Waals surface area contributed by atoms with Gasteiger partial charge in [-0.15, -0.1) is 0 Å². The minimum absolute atomic E-state index is 0.207. The van der Waals surface area contributed by atoms with Gasteiger partial charge in [-0.2, -0.15) is 0 Å². The molecule has 0 fully saturated rings. The summed E-state index contributed by atoms with van der Waals surface area (Å²) in [4.78, 5) is 4.28. The highest BCUT2D eigenvalue weighted by Gasteiger charge is 2.14. The first-order chi connectivity index (χ1) is 6.48. The van der Waals surface area contributed by atoms with Crippen LogP contribution in [0, 0.1) is 6.92 Å². The SMILES string of the molecule is Cc1ncn2ccc(C(C)(C)C)cc12. The average molecular weight is 188 g/mol. The summed E-state index contributed by atoms with van der Waals surface area (Å²) in [7, 11) is 0. The summed E-state index contributed by atoms with van der Waals surface area (Å²) >= 11 is 0. The molecule has 0 N–H and O–H groups in total. The summed E-state index contributed by atoms with van der Waals surface area (Å²) in [6, 6.07) is 4.39. The van der Waals surface area contributed by atoms with E-state index in [4.69, 9.17) is 0 Å². The van der Waals surface area contributed by atoms with Crippen LogP contribution in [0.5, 0.6) is 0 Å². The summed E-state index contributed by atoms with van der Waals surface area (Å²) < 4.78 is 2.06. The maximum Gasteiger partial charge on any atom is 0.0995 e. The number of hydrogen-bond donors (Lipinski definition) is 0. The topological polar surface area (TPSA) is 17.3 Å². The first kappa shape index (κ1) is 9.25. The van der Waals surface area contributed by atoms with E-state index < -0.39 is 0 Å². The van der Waals surface area contributed by atoms with E-state index in [1.165, 1.54) is 11.1 Å². The smallest absolute Gasteiger partial charge is 0.0995 e. The van der Waals surface area contributed by atoms with Crippen LogP contribution in [0.4, 0.5) is 0 Å². The Hall–Kier alpha value is -1.31. The van der Waals surface area contributed by atoms with Crippen molar-refractivity contribution in [2.45, 2.75) is 33.1 Å². The fourth-order valence-electron chi connectivity index (χ4n) is 1.58. The lowest BCUT2D eigenvalue weighted by molar-refractivity contribution is 0.590. The highest BCUT2D eigenvalue weighted by molar-refractivity contribution is 5.54. The fourth-order valence-corrected chi connectivity index (χ4v) is 1.58. The Kier molecular flexibility index (Phi) is 1.88. The Morgan fingerprint density at radius 2 is 2.00 bits per heavy atom. The Morgan fingerprint density at radius 3 is 2.64 bits per heavy atom. The van der Waals surface area contributed by atoms with E-state index in [2.05, 4.69) is 48.5 Å². The van der Waals surface area contributed by atoms with Crippen molar-refractivity contribution >= 4 is 5.52 Å². The summed E-state index contributed by atoms with van der Waals surface area (Å²) in [6.07, 6.45) is 3.94. The molecule has 0 unspecified atom stereocenters. The highest BCUT2D eigenvalue weighted by Crippen LogP contribution is 2.23. The van der Waals surface area contributed by atoms with Gasteiger partial charge in [-0.3, -0.25) is 0 Å². The van der Waals surface area contributed by atoms with Crippen LogP contribution in [0.1, 0.15) is 32.0 Å². The van der Waals surface area contributed by atoms with Gasteiger partial charge in [0.05, 0.1) is 17.5 Å². The predicted octanol–water partition coefficient (Wildman–Crippen LogP) is 2.94. The third kappa shape index (κ3) is 1.41. The molecule has 2 heterocycles. The van der Waals surface area contributed by atoms with Crippen molar-refractivity contribution in [1.29, 1.82) is 0 Å². The number of pyridine rings is 1. The monoisotopic (exact) mass is 188 g/mol. The second-order valence-corrected chi connectivity index (χ2v) is 4.79. The molecule has 14 heavy (non-hydrogen) atoms. The molecule has 0 radical (unpaired) electrons. The van der Waals surface area contributed by atoms with Crippen molar-refractivity contribution in [3.05, 3.63) is 35.9 Å². The maximum atomic E-state index is 4.28. The fraction of sp³-hybridized carbons (Fsp3) is 0.417. The Morgan fingerprint density at radius 1 is 1.29 bits per heavy atom. The molecule has 2 aromatic heterocycles. The number of aromatic nitrogens is 2. The molecule has 0 spiro atoms. The number of aryl methyl sites for hydroxylation is 1. The molecule has 0 aliphatic heterocycles. The predicted molar refractivity (Wildman–Crippen MR) is 58.6 cm³/mol. The summed E-state index contributed by atoms with van der Waals surface area (Å²) in [5.74, 6) is 0. The summed E-state index contributed by atoms with van der Waals surface area (Å²) in [6.45, 7) is 8.72. The van der Waals surface area contributed by atoms with Gasteiger partial charge in [0.25, 0.3) is 0 Å². The molecule has 2 aromatic rings. The number of hydrogen-bond acceptors (Lipinski definition) is 1. The maximum absolute atomic E-state index is 4.28. The number of fused-ring (bicyclic) bond motifs is 1. The van der Waals surface area contributed by atoms with Gasteiger partial charge in [-0.05, 0) is 30.0 Å². The van der Waals surface area contributed by atoms with Crippen LogP contribution in [0.2, 0.25) is 0 Å². The molecular formula is C12H16N2. The minimum Gasteiger partial charge on any atom is -0.306 e. The van der Waals surface area contributed by atoms with Crippen LogP contribution in [0.3, 0.4) is 0 Å². The molecule has 0 atom stereocenters. The van der Waals surface area contributed by atoms with E-state index in [0.717, 1.165) is 5.69 Å². The molecule has 2 heteroatoms. The van der Waals surface area contributed by atoms with Gasteiger partial charge in [-0.25, -0.2) is 4.98 Å². The van der Waals surface area contributed by atoms with E-state index in [-0.39, 0.29) is 5.41 Å². The van der Waals surface area contributed by atoms with Gasteiger partial charge in [0.15, 0.2) is 0 Å². The van der Waals surface area contributed by atoms with Gasteiger partial charge >= 0.3 is 0 Å². The van der Waals surface area contributed by atoms with E-state index in [1.54, 1.807) is 0 Å². The Labute approximate surface area is 84.6 Å². The molecule has 2 rings (SSSR count). The second kappa shape index (κ2) is 2.84. The van der Waals surface area contributed by atoms with Gasteiger partial charge in [-0.1, -0.05) is 20.8 Å². The number of rotatable bonds is 0. The van der Waals surface area contributed by atoms with E-state index >= 15 is 0 Å². The van der Waals surface area contributed by atoms with Crippen LogP contribution in [0.15, 0.2) is 24.7 Å². The van der Waals surface area contributed by atoms with E-state index in [9.17, 15) is 0 Å². The zero-order valence-electron chi connectivity index (χ0n) is 9.20. The molecule has 0 saturated heterocycles. The normalized spacial score (nSPS) is 12.3.